The van der Waals surface area contributed by atoms with Gasteiger partial charge in [0.1, 0.15) is 6.61 Å². The van der Waals surface area contributed by atoms with Gasteiger partial charge in [0, 0.05) is 5.02 Å². The van der Waals surface area contributed by atoms with E-state index in [2.05, 4.69) is 5.32 Å². The number of halogens is 1. The molecule has 0 fully saturated rings. The molecule has 3 nitrogen and oxygen atoms in total. The summed E-state index contributed by atoms with van der Waals surface area (Å²) in [6, 6.07) is 7.24. The number of rotatable bonds is 6. The van der Waals surface area contributed by atoms with Gasteiger partial charge in [-0.2, -0.15) is 0 Å². The first-order valence-corrected chi connectivity index (χ1v) is 5.71. The molecule has 88 valence electrons. The lowest BCUT2D eigenvalue weighted by Crippen LogP contribution is -2.25. The van der Waals surface area contributed by atoms with Crippen molar-refractivity contribution in [1.82, 2.24) is 5.32 Å². The van der Waals surface area contributed by atoms with Crippen molar-refractivity contribution in [2.24, 2.45) is 0 Å². The van der Waals surface area contributed by atoms with Crippen LogP contribution in [0, 0.1) is 0 Å². The highest BCUT2D eigenvalue weighted by molar-refractivity contribution is 6.30. The summed E-state index contributed by atoms with van der Waals surface area (Å²) in [6.07, 6.45) is 1.00. The van der Waals surface area contributed by atoms with E-state index < -0.39 is 0 Å². The summed E-state index contributed by atoms with van der Waals surface area (Å²) in [5, 5.41) is 3.66. The van der Waals surface area contributed by atoms with E-state index in [1.807, 2.05) is 19.1 Å². The SMILES string of the molecule is CCCNCC(=O)OCc1ccc(Cl)cc1. The highest BCUT2D eigenvalue weighted by Crippen LogP contribution is 2.10. The van der Waals surface area contributed by atoms with Crippen LogP contribution in [-0.4, -0.2) is 19.1 Å². The van der Waals surface area contributed by atoms with Crippen LogP contribution in [0.5, 0.6) is 0 Å². The van der Waals surface area contributed by atoms with Crippen LogP contribution in [0.3, 0.4) is 0 Å². The van der Waals surface area contributed by atoms with Gasteiger partial charge in [0.2, 0.25) is 0 Å². The number of carbonyl (C=O) groups excluding carboxylic acids is 1. The Labute approximate surface area is 101 Å². The molecule has 0 radical (unpaired) electrons. The summed E-state index contributed by atoms with van der Waals surface area (Å²) >= 11 is 5.74. The second-order valence-corrected chi connectivity index (χ2v) is 3.90. The topological polar surface area (TPSA) is 38.3 Å². The standard InChI is InChI=1S/C12H16ClNO2/c1-2-7-14-8-12(15)16-9-10-3-5-11(13)6-4-10/h3-6,14H,2,7-9H2,1H3. The zero-order chi connectivity index (χ0) is 11.8. The van der Waals surface area contributed by atoms with Crippen molar-refractivity contribution in [3.63, 3.8) is 0 Å². The summed E-state index contributed by atoms with van der Waals surface area (Å²) in [4.78, 5) is 11.2. The molecule has 1 N–H and O–H groups in total. The Balaban J connectivity index is 2.23. The van der Waals surface area contributed by atoms with Gasteiger partial charge in [-0.3, -0.25) is 4.79 Å². The van der Waals surface area contributed by atoms with Gasteiger partial charge in [-0.25, -0.2) is 0 Å². The van der Waals surface area contributed by atoms with E-state index in [0.29, 0.717) is 11.6 Å². The fourth-order valence-corrected chi connectivity index (χ4v) is 1.29. The van der Waals surface area contributed by atoms with Crippen LogP contribution in [0.2, 0.25) is 5.02 Å². The van der Waals surface area contributed by atoms with Gasteiger partial charge in [-0.05, 0) is 30.7 Å². The molecule has 0 unspecified atom stereocenters. The van der Waals surface area contributed by atoms with Crippen molar-refractivity contribution < 1.29 is 9.53 Å². The minimum Gasteiger partial charge on any atom is -0.460 e. The summed E-state index contributed by atoms with van der Waals surface area (Å²) < 4.78 is 5.07. The third kappa shape index (κ3) is 5.14. The minimum atomic E-state index is -0.233. The molecule has 1 aromatic rings. The number of carbonyl (C=O) groups is 1. The Kier molecular flexibility index (Phi) is 5.90. The van der Waals surface area contributed by atoms with Crippen molar-refractivity contribution in [3.05, 3.63) is 34.9 Å². The second kappa shape index (κ2) is 7.25. The molecule has 0 atom stereocenters. The van der Waals surface area contributed by atoms with Crippen molar-refractivity contribution in [3.8, 4) is 0 Å². The van der Waals surface area contributed by atoms with E-state index in [4.69, 9.17) is 16.3 Å². The number of hydrogen-bond acceptors (Lipinski definition) is 3. The number of nitrogens with one attached hydrogen (secondary N) is 1. The fraction of sp³-hybridized carbons (Fsp3) is 0.417. The van der Waals surface area contributed by atoms with Gasteiger partial charge in [-0.1, -0.05) is 30.7 Å². The first-order valence-electron chi connectivity index (χ1n) is 5.33. The van der Waals surface area contributed by atoms with Crippen molar-refractivity contribution >= 4 is 17.6 Å². The maximum Gasteiger partial charge on any atom is 0.320 e. The third-order valence-corrected chi connectivity index (χ3v) is 2.26. The summed E-state index contributed by atoms with van der Waals surface area (Å²) in [5.41, 5.74) is 0.938. The first kappa shape index (κ1) is 13.0. The van der Waals surface area contributed by atoms with Crippen LogP contribution in [0.15, 0.2) is 24.3 Å². The summed E-state index contributed by atoms with van der Waals surface area (Å²) in [6.45, 7) is 3.44. The van der Waals surface area contributed by atoms with E-state index in [1.165, 1.54) is 0 Å². The van der Waals surface area contributed by atoms with Crippen LogP contribution < -0.4 is 5.32 Å². The Morgan fingerprint density at radius 1 is 1.38 bits per heavy atom. The van der Waals surface area contributed by atoms with Gasteiger partial charge in [0.25, 0.3) is 0 Å². The normalized spacial score (nSPS) is 10.1. The van der Waals surface area contributed by atoms with Gasteiger partial charge in [0.15, 0.2) is 0 Å². The zero-order valence-corrected chi connectivity index (χ0v) is 10.1. The molecule has 0 aliphatic heterocycles. The molecule has 0 amide bonds. The Hall–Kier alpha value is -1.06. The quantitative estimate of drug-likeness (QED) is 0.614. The minimum absolute atomic E-state index is 0.233. The molecule has 0 heterocycles. The number of benzene rings is 1. The predicted molar refractivity (Wildman–Crippen MR) is 64.4 cm³/mol. The van der Waals surface area contributed by atoms with Crippen LogP contribution >= 0.6 is 11.6 Å². The van der Waals surface area contributed by atoms with Crippen LogP contribution in [0.1, 0.15) is 18.9 Å². The molecule has 4 heteroatoms. The molecule has 0 saturated heterocycles. The molecule has 1 aromatic carbocycles. The molecular weight excluding hydrogens is 226 g/mol. The lowest BCUT2D eigenvalue weighted by atomic mass is 10.2. The van der Waals surface area contributed by atoms with E-state index >= 15 is 0 Å². The van der Waals surface area contributed by atoms with Gasteiger partial charge in [0.05, 0.1) is 6.54 Å². The fourth-order valence-electron chi connectivity index (χ4n) is 1.16. The Morgan fingerprint density at radius 2 is 2.06 bits per heavy atom. The Bertz CT molecular complexity index is 324. The van der Waals surface area contributed by atoms with E-state index in [-0.39, 0.29) is 12.5 Å². The number of ether oxygens (including phenoxy) is 1. The first-order chi connectivity index (χ1) is 7.72. The van der Waals surface area contributed by atoms with Crippen LogP contribution in [-0.2, 0) is 16.1 Å². The lowest BCUT2D eigenvalue weighted by molar-refractivity contribution is -0.143. The van der Waals surface area contributed by atoms with Crippen molar-refractivity contribution in [2.75, 3.05) is 13.1 Å². The molecule has 0 aromatic heterocycles. The molecule has 0 aliphatic rings. The highest BCUT2D eigenvalue weighted by atomic mass is 35.5. The van der Waals surface area contributed by atoms with E-state index in [0.717, 1.165) is 18.5 Å². The summed E-state index contributed by atoms with van der Waals surface area (Å²) in [7, 11) is 0. The maximum absolute atomic E-state index is 11.2. The number of hydrogen-bond donors (Lipinski definition) is 1. The van der Waals surface area contributed by atoms with E-state index in [1.54, 1.807) is 12.1 Å². The van der Waals surface area contributed by atoms with Crippen molar-refractivity contribution in [1.29, 1.82) is 0 Å². The molecule has 0 aliphatic carbocycles. The molecule has 0 spiro atoms. The lowest BCUT2D eigenvalue weighted by Gasteiger charge is -2.05. The molecule has 0 bridgehead atoms. The highest BCUT2D eigenvalue weighted by Gasteiger charge is 2.02. The molecule has 16 heavy (non-hydrogen) atoms. The van der Waals surface area contributed by atoms with Gasteiger partial charge >= 0.3 is 5.97 Å². The second-order valence-electron chi connectivity index (χ2n) is 3.46. The predicted octanol–water partition coefficient (Wildman–Crippen LogP) is 2.38. The molecule has 0 saturated carbocycles. The number of esters is 1. The van der Waals surface area contributed by atoms with Gasteiger partial charge in [-0.15, -0.1) is 0 Å². The largest absolute Gasteiger partial charge is 0.460 e. The maximum atomic E-state index is 11.2. The zero-order valence-electron chi connectivity index (χ0n) is 9.33. The molecular formula is C12H16ClNO2. The average Bonchev–Trinajstić information content (AvgIpc) is 2.29. The monoisotopic (exact) mass is 241 g/mol. The van der Waals surface area contributed by atoms with Crippen molar-refractivity contribution in [2.45, 2.75) is 20.0 Å². The average molecular weight is 242 g/mol. The van der Waals surface area contributed by atoms with Crippen LogP contribution in [0.25, 0.3) is 0 Å². The van der Waals surface area contributed by atoms with Gasteiger partial charge < -0.3 is 10.1 Å². The Morgan fingerprint density at radius 3 is 2.69 bits per heavy atom. The molecule has 1 rings (SSSR count). The smallest absolute Gasteiger partial charge is 0.320 e. The summed E-state index contributed by atoms with van der Waals surface area (Å²) in [5.74, 6) is -0.233. The third-order valence-electron chi connectivity index (χ3n) is 2.01. The van der Waals surface area contributed by atoms with Crippen LogP contribution in [0.4, 0.5) is 0 Å². The van der Waals surface area contributed by atoms with E-state index in [9.17, 15) is 4.79 Å².